The molecule has 0 unspecified atom stereocenters. The number of thioether (sulfide) groups is 1. The molecule has 38 heavy (non-hydrogen) atoms. The van der Waals surface area contributed by atoms with Gasteiger partial charge in [0.15, 0.2) is 16.7 Å². The number of halogens is 2. The molecule has 0 spiro atoms. The molecule has 5 nitrogen and oxygen atoms in total. The maximum Gasteiger partial charge on any atom is 0.271 e. The SMILES string of the molecule is COc1cccc(/C=C2/SC(=Nc3ccccc3)N(c3ccccc3)C2=O)c1OCc1ccc(Cl)cc1Cl. The molecule has 1 heterocycles. The van der Waals surface area contributed by atoms with E-state index in [1.54, 1.807) is 30.2 Å². The van der Waals surface area contributed by atoms with Crippen molar-refractivity contribution >= 4 is 63.5 Å². The Morgan fingerprint density at radius 3 is 2.37 bits per heavy atom. The predicted octanol–water partition coefficient (Wildman–Crippen LogP) is 8.39. The Bertz CT molecular complexity index is 1530. The largest absolute Gasteiger partial charge is 0.493 e. The molecule has 0 saturated carbocycles. The summed E-state index contributed by atoms with van der Waals surface area (Å²) in [5.41, 5.74) is 2.97. The molecule has 1 aliphatic heterocycles. The van der Waals surface area contributed by atoms with Crippen LogP contribution in [0.15, 0.2) is 107 Å². The molecule has 0 N–H and O–H groups in total. The van der Waals surface area contributed by atoms with Crippen LogP contribution in [0.5, 0.6) is 11.5 Å². The first-order valence-corrected chi connectivity index (χ1v) is 13.3. The number of anilines is 1. The van der Waals surface area contributed by atoms with E-state index in [-0.39, 0.29) is 12.5 Å². The van der Waals surface area contributed by atoms with Crippen LogP contribution in [0.4, 0.5) is 11.4 Å². The van der Waals surface area contributed by atoms with E-state index in [1.165, 1.54) is 11.8 Å². The van der Waals surface area contributed by atoms with Gasteiger partial charge < -0.3 is 9.47 Å². The number of methoxy groups -OCH3 is 1. The summed E-state index contributed by atoms with van der Waals surface area (Å²) in [6, 6.07) is 29.8. The Morgan fingerprint density at radius 2 is 1.66 bits per heavy atom. The second-order valence-electron chi connectivity index (χ2n) is 8.22. The maximum atomic E-state index is 13.7. The second-order valence-corrected chi connectivity index (χ2v) is 10.1. The molecule has 8 heteroatoms. The summed E-state index contributed by atoms with van der Waals surface area (Å²) in [6.07, 6.45) is 1.80. The highest BCUT2D eigenvalue weighted by molar-refractivity contribution is 8.19. The van der Waals surface area contributed by atoms with Crippen LogP contribution in [0.2, 0.25) is 10.0 Å². The van der Waals surface area contributed by atoms with Crippen LogP contribution in [0.25, 0.3) is 6.08 Å². The van der Waals surface area contributed by atoms with Crippen LogP contribution >= 0.6 is 35.0 Å². The third-order valence-corrected chi connectivity index (χ3v) is 7.26. The van der Waals surface area contributed by atoms with Crippen molar-refractivity contribution in [3.8, 4) is 11.5 Å². The number of amidine groups is 1. The molecule has 1 fully saturated rings. The van der Waals surface area contributed by atoms with Crippen molar-refractivity contribution in [2.45, 2.75) is 6.61 Å². The molecule has 4 aromatic rings. The average Bonchev–Trinajstić information content (AvgIpc) is 3.23. The fourth-order valence-electron chi connectivity index (χ4n) is 3.86. The van der Waals surface area contributed by atoms with E-state index in [9.17, 15) is 4.79 Å². The summed E-state index contributed by atoms with van der Waals surface area (Å²) in [5.74, 6) is 0.866. The minimum atomic E-state index is -0.176. The van der Waals surface area contributed by atoms with Crippen molar-refractivity contribution in [1.29, 1.82) is 0 Å². The van der Waals surface area contributed by atoms with Crippen molar-refractivity contribution < 1.29 is 14.3 Å². The Kier molecular flexibility index (Phi) is 8.03. The van der Waals surface area contributed by atoms with Gasteiger partial charge in [0.2, 0.25) is 0 Å². The quantitative estimate of drug-likeness (QED) is 0.213. The van der Waals surface area contributed by atoms with Crippen LogP contribution in [-0.2, 0) is 11.4 Å². The number of ether oxygens (including phenoxy) is 2. The van der Waals surface area contributed by atoms with E-state index in [0.29, 0.717) is 37.2 Å². The van der Waals surface area contributed by atoms with Gasteiger partial charge >= 0.3 is 0 Å². The smallest absolute Gasteiger partial charge is 0.271 e. The van der Waals surface area contributed by atoms with Gasteiger partial charge in [0, 0.05) is 21.2 Å². The normalized spacial score (nSPS) is 15.3. The van der Waals surface area contributed by atoms with Crippen molar-refractivity contribution in [3.63, 3.8) is 0 Å². The van der Waals surface area contributed by atoms with Gasteiger partial charge in [-0.3, -0.25) is 9.69 Å². The number of hydrogen-bond acceptors (Lipinski definition) is 5. The first kappa shape index (κ1) is 25.9. The molecule has 0 atom stereocenters. The predicted molar refractivity (Wildman–Crippen MR) is 157 cm³/mol. The topological polar surface area (TPSA) is 51.1 Å². The molecular formula is C30H22Cl2N2O3S. The lowest BCUT2D eigenvalue weighted by Crippen LogP contribution is -2.28. The summed E-state index contributed by atoms with van der Waals surface area (Å²) in [5, 5.41) is 1.63. The zero-order chi connectivity index (χ0) is 26.5. The molecule has 1 saturated heterocycles. The second kappa shape index (κ2) is 11.8. The van der Waals surface area contributed by atoms with Crippen molar-refractivity contribution in [1.82, 2.24) is 0 Å². The zero-order valence-corrected chi connectivity index (χ0v) is 22.6. The van der Waals surface area contributed by atoms with Gasteiger partial charge in [0.25, 0.3) is 5.91 Å². The molecular weight excluding hydrogens is 539 g/mol. The first-order chi connectivity index (χ1) is 18.5. The van der Waals surface area contributed by atoms with Gasteiger partial charge in [0.1, 0.15) is 6.61 Å². The standard InChI is InChI=1S/C30H22Cl2N2O3S/c1-36-26-14-8-9-20(28(26)37-19-21-15-16-22(31)18-25(21)32)17-27-29(35)34(24-12-6-3-7-13-24)30(38-27)33-23-10-4-2-5-11-23/h2-18H,19H2,1H3/b27-17+,33-30?. The van der Waals surface area contributed by atoms with E-state index < -0.39 is 0 Å². The highest BCUT2D eigenvalue weighted by Gasteiger charge is 2.35. The number of carbonyl (C=O) groups is 1. The van der Waals surface area contributed by atoms with Crippen molar-refractivity contribution in [3.05, 3.63) is 123 Å². The average molecular weight is 561 g/mol. The van der Waals surface area contributed by atoms with Gasteiger partial charge in [-0.2, -0.15) is 0 Å². The monoisotopic (exact) mass is 560 g/mol. The lowest BCUT2D eigenvalue weighted by atomic mass is 10.1. The molecule has 190 valence electrons. The minimum absolute atomic E-state index is 0.176. The van der Waals surface area contributed by atoms with E-state index in [0.717, 1.165) is 16.9 Å². The Labute approximate surface area is 235 Å². The van der Waals surface area contributed by atoms with E-state index in [1.807, 2.05) is 84.9 Å². The molecule has 0 radical (unpaired) electrons. The fourth-order valence-corrected chi connectivity index (χ4v) is 5.31. The number of amides is 1. The van der Waals surface area contributed by atoms with Crippen LogP contribution in [-0.4, -0.2) is 18.2 Å². The molecule has 0 aromatic heterocycles. The van der Waals surface area contributed by atoms with Crippen LogP contribution in [0, 0.1) is 0 Å². The van der Waals surface area contributed by atoms with Crippen LogP contribution in [0.3, 0.4) is 0 Å². The summed E-state index contributed by atoms with van der Waals surface area (Å²) >= 11 is 13.7. The maximum absolute atomic E-state index is 13.7. The number of nitrogens with zero attached hydrogens (tertiary/aromatic N) is 2. The third-order valence-electron chi connectivity index (χ3n) is 5.70. The van der Waals surface area contributed by atoms with Gasteiger partial charge in [-0.05, 0) is 60.3 Å². The van der Waals surface area contributed by atoms with Crippen LogP contribution in [0.1, 0.15) is 11.1 Å². The summed E-state index contributed by atoms with van der Waals surface area (Å²) in [7, 11) is 1.58. The van der Waals surface area contributed by atoms with E-state index in [2.05, 4.69) is 0 Å². The fraction of sp³-hybridized carbons (Fsp3) is 0.0667. The first-order valence-electron chi connectivity index (χ1n) is 11.7. The number of benzene rings is 4. The van der Waals surface area contributed by atoms with Gasteiger partial charge in [0.05, 0.1) is 23.4 Å². The summed E-state index contributed by atoms with van der Waals surface area (Å²) < 4.78 is 11.8. The number of aliphatic imine (C=N–C) groups is 1. The summed E-state index contributed by atoms with van der Waals surface area (Å²) in [4.78, 5) is 20.6. The Morgan fingerprint density at radius 1 is 0.921 bits per heavy atom. The third kappa shape index (κ3) is 5.73. The number of rotatable bonds is 7. The highest BCUT2D eigenvalue weighted by Crippen LogP contribution is 2.40. The lowest BCUT2D eigenvalue weighted by Gasteiger charge is -2.15. The van der Waals surface area contributed by atoms with Crippen molar-refractivity contribution in [2.24, 2.45) is 4.99 Å². The van der Waals surface area contributed by atoms with E-state index in [4.69, 9.17) is 37.7 Å². The Hall–Kier alpha value is -3.71. The van der Waals surface area contributed by atoms with Gasteiger partial charge in [-0.25, -0.2) is 4.99 Å². The molecule has 1 aliphatic rings. The zero-order valence-electron chi connectivity index (χ0n) is 20.3. The number of carbonyl (C=O) groups excluding carboxylic acids is 1. The minimum Gasteiger partial charge on any atom is -0.493 e. The number of para-hydroxylation sites is 3. The molecule has 0 bridgehead atoms. The Balaban J connectivity index is 1.52. The molecule has 4 aromatic carbocycles. The highest BCUT2D eigenvalue weighted by atomic mass is 35.5. The van der Waals surface area contributed by atoms with Gasteiger partial charge in [-0.1, -0.05) is 77.8 Å². The van der Waals surface area contributed by atoms with Crippen molar-refractivity contribution in [2.75, 3.05) is 12.0 Å². The van der Waals surface area contributed by atoms with E-state index >= 15 is 0 Å². The van der Waals surface area contributed by atoms with Gasteiger partial charge in [-0.15, -0.1) is 0 Å². The summed E-state index contributed by atoms with van der Waals surface area (Å²) in [6.45, 7) is 0.199. The lowest BCUT2D eigenvalue weighted by molar-refractivity contribution is -0.113. The van der Waals surface area contributed by atoms with Crippen LogP contribution < -0.4 is 14.4 Å². The molecule has 1 amide bonds. The number of hydrogen-bond donors (Lipinski definition) is 0. The molecule has 5 rings (SSSR count). The molecule has 0 aliphatic carbocycles.